The second-order valence-electron chi connectivity index (χ2n) is 6.71. The molecule has 0 atom stereocenters. The molecular weight excluding hydrogens is 378 g/mol. The number of fused-ring (bicyclic) bond motifs is 1. The summed E-state index contributed by atoms with van der Waals surface area (Å²) in [6, 6.07) is 16.4. The summed E-state index contributed by atoms with van der Waals surface area (Å²) in [6.45, 7) is 0. The second kappa shape index (κ2) is 8.40. The van der Waals surface area contributed by atoms with Crippen LogP contribution in [0.15, 0.2) is 73.2 Å². The van der Waals surface area contributed by atoms with E-state index in [1.165, 1.54) is 0 Å². The first-order chi connectivity index (χ1) is 14.6. The summed E-state index contributed by atoms with van der Waals surface area (Å²) in [4.78, 5) is 35.8. The van der Waals surface area contributed by atoms with Gasteiger partial charge >= 0.3 is 0 Å². The lowest BCUT2D eigenvalue weighted by atomic mass is 10.0. The molecule has 0 aliphatic heterocycles. The van der Waals surface area contributed by atoms with Crippen molar-refractivity contribution in [2.75, 3.05) is 5.32 Å². The Morgan fingerprint density at radius 3 is 2.63 bits per heavy atom. The van der Waals surface area contributed by atoms with E-state index in [-0.39, 0.29) is 12.3 Å². The van der Waals surface area contributed by atoms with Gasteiger partial charge < -0.3 is 16.0 Å². The number of rotatable bonds is 6. The van der Waals surface area contributed by atoms with Crippen LogP contribution in [-0.4, -0.2) is 26.8 Å². The highest BCUT2D eigenvalue weighted by Gasteiger charge is 2.12. The Hall–Kier alpha value is -4.26. The van der Waals surface area contributed by atoms with E-state index in [1.807, 2.05) is 42.5 Å². The van der Waals surface area contributed by atoms with Gasteiger partial charge in [-0.2, -0.15) is 0 Å². The predicted molar refractivity (Wildman–Crippen MR) is 116 cm³/mol. The highest BCUT2D eigenvalue weighted by atomic mass is 16.2. The van der Waals surface area contributed by atoms with Crippen LogP contribution in [-0.2, 0) is 16.0 Å². The van der Waals surface area contributed by atoms with Gasteiger partial charge in [0.1, 0.15) is 11.5 Å². The minimum Gasteiger partial charge on any atom is -0.366 e. The number of carbonyl (C=O) groups is 2. The van der Waals surface area contributed by atoms with Crippen molar-refractivity contribution in [1.29, 1.82) is 0 Å². The van der Waals surface area contributed by atoms with Crippen molar-refractivity contribution < 1.29 is 9.59 Å². The first-order valence-electron chi connectivity index (χ1n) is 9.34. The number of nitrogens with one attached hydrogen (secondary N) is 2. The van der Waals surface area contributed by atoms with E-state index in [4.69, 9.17) is 5.73 Å². The first-order valence-corrected chi connectivity index (χ1v) is 9.34. The zero-order chi connectivity index (χ0) is 20.9. The molecule has 0 aliphatic carbocycles. The van der Waals surface area contributed by atoms with E-state index in [9.17, 15) is 9.59 Å². The fraction of sp³-hybridized carbons (Fsp3) is 0.0435. The lowest BCUT2D eigenvalue weighted by Crippen LogP contribution is -2.15. The quantitative estimate of drug-likeness (QED) is 0.434. The SMILES string of the molecule is NC(=O)/C(=C\c1c[nH]c2nc(NC(=O)Cc3cccnc3)ccc12)c1ccccc1. The molecule has 3 heterocycles. The van der Waals surface area contributed by atoms with Crippen molar-refractivity contribution in [2.45, 2.75) is 6.42 Å². The molecule has 4 aromatic rings. The minimum absolute atomic E-state index is 0.179. The Morgan fingerprint density at radius 2 is 1.90 bits per heavy atom. The zero-order valence-electron chi connectivity index (χ0n) is 16.0. The van der Waals surface area contributed by atoms with Gasteiger partial charge in [-0.15, -0.1) is 0 Å². The zero-order valence-corrected chi connectivity index (χ0v) is 16.0. The fourth-order valence-electron chi connectivity index (χ4n) is 3.16. The first kappa shape index (κ1) is 19.1. The monoisotopic (exact) mass is 397 g/mol. The molecule has 0 fully saturated rings. The molecule has 0 aliphatic rings. The Labute approximate surface area is 172 Å². The topological polar surface area (TPSA) is 114 Å². The van der Waals surface area contributed by atoms with Crippen molar-refractivity contribution in [1.82, 2.24) is 15.0 Å². The van der Waals surface area contributed by atoms with E-state index in [0.717, 1.165) is 22.1 Å². The number of benzene rings is 1. The van der Waals surface area contributed by atoms with Crippen molar-refractivity contribution in [3.63, 3.8) is 0 Å². The highest BCUT2D eigenvalue weighted by Crippen LogP contribution is 2.24. The summed E-state index contributed by atoms with van der Waals surface area (Å²) >= 11 is 0. The maximum absolute atomic E-state index is 12.3. The number of carbonyl (C=O) groups excluding carboxylic acids is 2. The number of aromatic amines is 1. The number of pyridine rings is 2. The lowest BCUT2D eigenvalue weighted by Gasteiger charge is -2.05. The molecule has 0 bridgehead atoms. The lowest BCUT2D eigenvalue weighted by molar-refractivity contribution is -0.115. The van der Waals surface area contributed by atoms with Crippen LogP contribution in [0, 0.1) is 0 Å². The molecule has 4 N–H and O–H groups in total. The number of amides is 2. The summed E-state index contributed by atoms with van der Waals surface area (Å²) in [5.41, 5.74) is 8.93. The summed E-state index contributed by atoms with van der Waals surface area (Å²) in [5, 5.41) is 3.60. The molecule has 7 heteroatoms. The summed E-state index contributed by atoms with van der Waals surface area (Å²) < 4.78 is 0. The molecule has 0 spiro atoms. The molecule has 4 rings (SSSR count). The average molecular weight is 397 g/mol. The van der Waals surface area contributed by atoms with E-state index in [0.29, 0.717) is 17.0 Å². The van der Waals surface area contributed by atoms with E-state index < -0.39 is 5.91 Å². The average Bonchev–Trinajstić information content (AvgIpc) is 3.15. The van der Waals surface area contributed by atoms with Crippen molar-refractivity contribution in [3.8, 4) is 0 Å². The number of primary amides is 1. The molecule has 148 valence electrons. The van der Waals surface area contributed by atoms with Crippen molar-refractivity contribution in [3.05, 3.63) is 89.9 Å². The molecular formula is C23H19N5O2. The maximum Gasteiger partial charge on any atom is 0.249 e. The van der Waals surface area contributed by atoms with Gasteiger partial charge in [-0.1, -0.05) is 36.4 Å². The van der Waals surface area contributed by atoms with Crippen LogP contribution >= 0.6 is 0 Å². The number of hydrogen-bond donors (Lipinski definition) is 3. The van der Waals surface area contributed by atoms with E-state index in [1.54, 1.807) is 36.8 Å². The Bertz CT molecular complexity index is 1230. The molecule has 0 radical (unpaired) electrons. The van der Waals surface area contributed by atoms with Gasteiger partial charge in [-0.05, 0) is 35.4 Å². The molecule has 7 nitrogen and oxygen atoms in total. The fourth-order valence-corrected chi connectivity index (χ4v) is 3.16. The third-order valence-corrected chi connectivity index (χ3v) is 4.58. The van der Waals surface area contributed by atoms with E-state index >= 15 is 0 Å². The van der Waals surface area contributed by atoms with Crippen LogP contribution in [0.4, 0.5) is 5.82 Å². The summed E-state index contributed by atoms with van der Waals surface area (Å²) in [6.07, 6.45) is 7.02. The third kappa shape index (κ3) is 4.25. The molecule has 0 unspecified atom stereocenters. The summed E-state index contributed by atoms with van der Waals surface area (Å²) in [5.74, 6) is -0.253. The molecule has 30 heavy (non-hydrogen) atoms. The van der Waals surface area contributed by atoms with Crippen LogP contribution in [0.2, 0.25) is 0 Å². The van der Waals surface area contributed by atoms with Gasteiger partial charge in [0.2, 0.25) is 11.8 Å². The number of nitrogens with two attached hydrogens (primary N) is 1. The van der Waals surface area contributed by atoms with Crippen LogP contribution in [0.5, 0.6) is 0 Å². The minimum atomic E-state index is -0.511. The van der Waals surface area contributed by atoms with Crippen LogP contribution < -0.4 is 11.1 Å². The van der Waals surface area contributed by atoms with Gasteiger partial charge in [0.05, 0.1) is 6.42 Å². The molecule has 3 aromatic heterocycles. The number of H-pyrrole nitrogens is 1. The standard InChI is InChI=1S/C23H19N5O2/c24-22(30)19(16-6-2-1-3-7-16)12-17-14-26-23-18(17)8-9-20(28-23)27-21(29)11-15-5-4-10-25-13-15/h1-10,12-14H,11H2,(H2,24,30)(H2,26,27,28,29)/b19-12-. The Morgan fingerprint density at radius 1 is 1.07 bits per heavy atom. The smallest absolute Gasteiger partial charge is 0.249 e. The van der Waals surface area contributed by atoms with Gasteiger partial charge in [-0.25, -0.2) is 4.98 Å². The van der Waals surface area contributed by atoms with Gasteiger partial charge in [0.25, 0.3) is 0 Å². The van der Waals surface area contributed by atoms with Gasteiger partial charge in [-0.3, -0.25) is 14.6 Å². The van der Waals surface area contributed by atoms with Crippen LogP contribution in [0.3, 0.4) is 0 Å². The van der Waals surface area contributed by atoms with Gasteiger partial charge in [0.15, 0.2) is 0 Å². The van der Waals surface area contributed by atoms with Gasteiger partial charge in [0, 0.05) is 35.1 Å². The molecule has 2 amide bonds. The van der Waals surface area contributed by atoms with Crippen molar-refractivity contribution >= 4 is 40.3 Å². The molecule has 0 saturated heterocycles. The molecule has 0 saturated carbocycles. The summed E-state index contributed by atoms with van der Waals surface area (Å²) in [7, 11) is 0. The Balaban J connectivity index is 1.58. The number of hydrogen-bond acceptors (Lipinski definition) is 4. The second-order valence-corrected chi connectivity index (χ2v) is 6.71. The highest BCUT2D eigenvalue weighted by molar-refractivity contribution is 6.24. The van der Waals surface area contributed by atoms with Crippen LogP contribution in [0.1, 0.15) is 16.7 Å². The number of anilines is 1. The Kier molecular flexibility index (Phi) is 5.34. The van der Waals surface area contributed by atoms with Crippen molar-refractivity contribution in [2.24, 2.45) is 5.73 Å². The predicted octanol–water partition coefficient (Wildman–Crippen LogP) is 3.17. The third-order valence-electron chi connectivity index (χ3n) is 4.58. The largest absolute Gasteiger partial charge is 0.366 e. The number of nitrogens with zero attached hydrogens (tertiary/aromatic N) is 2. The molecule has 1 aromatic carbocycles. The maximum atomic E-state index is 12.3. The number of aromatic nitrogens is 3. The van der Waals surface area contributed by atoms with Crippen LogP contribution in [0.25, 0.3) is 22.7 Å². The normalized spacial score (nSPS) is 11.4. The van der Waals surface area contributed by atoms with E-state index in [2.05, 4.69) is 20.3 Å².